The summed E-state index contributed by atoms with van der Waals surface area (Å²) in [7, 11) is 0. The summed E-state index contributed by atoms with van der Waals surface area (Å²) < 4.78 is 0. The molecule has 0 saturated carbocycles. The van der Waals surface area contributed by atoms with Crippen molar-refractivity contribution in [1.29, 1.82) is 0 Å². The summed E-state index contributed by atoms with van der Waals surface area (Å²) in [5.41, 5.74) is 7.86. The standard InChI is InChI=1S/C16H28/c1-8-10-15(11-14(7)12(3)4)16(9-2)13(5)6/h8,13,16H,9,11H2,1-7H3. The Morgan fingerprint density at radius 3 is 2.06 bits per heavy atom. The predicted octanol–water partition coefficient (Wildman–Crippen LogP) is 5.52. The van der Waals surface area contributed by atoms with Gasteiger partial charge in [-0.1, -0.05) is 31.9 Å². The van der Waals surface area contributed by atoms with E-state index in [9.17, 15) is 0 Å². The lowest BCUT2D eigenvalue weighted by atomic mass is 9.83. The van der Waals surface area contributed by atoms with Crippen molar-refractivity contribution in [3.8, 4) is 0 Å². The molecule has 0 spiro atoms. The molecule has 0 aliphatic heterocycles. The van der Waals surface area contributed by atoms with Gasteiger partial charge in [0.15, 0.2) is 0 Å². The van der Waals surface area contributed by atoms with Crippen molar-refractivity contribution in [2.45, 2.75) is 61.3 Å². The summed E-state index contributed by atoms with van der Waals surface area (Å²) in [5.74, 6) is 1.38. The first kappa shape index (κ1) is 15.3. The van der Waals surface area contributed by atoms with Crippen LogP contribution in [0.5, 0.6) is 0 Å². The molecule has 0 saturated heterocycles. The van der Waals surface area contributed by atoms with Crippen molar-refractivity contribution in [2.24, 2.45) is 11.8 Å². The molecular weight excluding hydrogens is 192 g/mol. The highest BCUT2D eigenvalue weighted by atomic mass is 14.2. The lowest BCUT2D eigenvalue weighted by Gasteiger charge is -2.22. The van der Waals surface area contributed by atoms with Crippen molar-refractivity contribution in [1.82, 2.24) is 0 Å². The third-order valence-electron chi connectivity index (χ3n) is 3.33. The maximum Gasteiger partial charge on any atom is -0.00297 e. The van der Waals surface area contributed by atoms with E-state index in [1.54, 1.807) is 0 Å². The van der Waals surface area contributed by atoms with Crippen LogP contribution in [0.15, 0.2) is 28.5 Å². The number of allylic oxidation sites excluding steroid dienone is 3. The minimum absolute atomic E-state index is 0.672. The highest BCUT2D eigenvalue weighted by Crippen LogP contribution is 2.28. The molecule has 0 aromatic rings. The van der Waals surface area contributed by atoms with Gasteiger partial charge in [0.2, 0.25) is 0 Å². The molecule has 0 heterocycles. The lowest BCUT2D eigenvalue weighted by Crippen LogP contribution is -2.10. The molecule has 1 unspecified atom stereocenters. The molecule has 0 N–H and O–H groups in total. The highest BCUT2D eigenvalue weighted by Gasteiger charge is 2.16. The third kappa shape index (κ3) is 4.86. The van der Waals surface area contributed by atoms with Gasteiger partial charge in [0.05, 0.1) is 0 Å². The Kier molecular flexibility index (Phi) is 7.17. The van der Waals surface area contributed by atoms with Gasteiger partial charge in [0.25, 0.3) is 0 Å². The molecule has 0 radical (unpaired) electrons. The zero-order valence-electron chi connectivity index (χ0n) is 12.1. The summed E-state index contributed by atoms with van der Waals surface area (Å²) >= 11 is 0. The van der Waals surface area contributed by atoms with E-state index in [-0.39, 0.29) is 0 Å². The van der Waals surface area contributed by atoms with Crippen LogP contribution < -0.4 is 0 Å². The van der Waals surface area contributed by atoms with E-state index in [4.69, 9.17) is 0 Å². The second-order valence-corrected chi connectivity index (χ2v) is 5.17. The molecule has 0 aliphatic rings. The Morgan fingerprint density at radius 1 is 1.19 bits per heavy atom. The average Bonchev–Trinajstić information content (AvgIpc) is 2.18. The molecular formula is C16H28. The largest absolute Gasteiger partial charge is 0.126 e. The molecule has 16 heavy (non-hydrogen) atoms. The topological polar surface area (TPSA) is 0 Å². The lowest BCUT2D eigenvalue weighted by molar-refractivity contribution is 0.424. The Hall–Kier alpha value is -0.740. The molecule has 0 aromatic heterocycles. The summed E-state index contributed by atoms with van der Waals surface area (Å²) in [6.45, 7) is 15.6. The van der Waals surface area contributed by atoms with Crippen LogP contribution in [0.1, 0.15) is 61.3 Å². The smallest absolute Gasteiger partial charge is 0.00297 e. The maximum absolute atomic E-state index is 3.46. The van der Waals surface area contributed by atoms with E-state index in [1.807, 2.05) is 0 Å². The van der Waals surface area contributed by atoms with E-state index in [0.29, 0.717) is 11.8 Å². The van der Waals surface area contributed by atoms with Crippen LogP contribution >= 0.6 is 0 Å². The van der Waals surface area contributed by atoms with E-state index in [2.05, 4.69) is 60.3 Å². The Labute approximate surface area is 102 Å². The highest BCUT2D eigenvalue weighted by molar-refractivity contribution is 5.19. The van der Waals surface area contributed by atoms with Gasteiger partial charge in [-0.05, 0) is 64.0 Å². The van der Waals surface area contributed by atoms with Crippen molar-refractivity contribution in [3.63, 3.8) is 0 Å². The minimum atomic E-state index is 0.672. The predicted molar refractivity (Wildman–Crippen MR) is 74.6 cm³/mol. The van der Waals surface area contributed by atoms with Crippen LogP contribution in [0.3, 0.4) is 0 Å². The van der Waals surface area contributed by atoms with E-state index in [0.717, 1.165) is 6.42 Å². The Morgan fingerprint density at radius 2 is 1.75 bits per heavy atom. The zero-order valence-corrected chi connectivity index (χ0v) is 12.1. The fourth-order valence-corrected chi connectivity index (χ4v) is 2.06. The summed E-state index contributed by atoms with van der Waals surface area (Å²) in [6, 6.07) is 0. The molecule has 0 bridgehead atoms. The zero-order chi connectivity index (χ0) is 12.7. The van der Waals surface area contributed by atoms with Crippen LogP contribution in [0.2, 0.25) is 0 Å². The van der Waals surface area contributed by atoms with Crippen molar-refractivity contribution >= 4 is 0 Å². The van der Waals surface area contributed by atoms with Gasteiger partial charge in [-0.15, -0.1) is 5.73 Å². The van der Waals surface area contributed by atoms with Gasteiger partial charge in [0, 0.05) is 0 Å². The van der Waals surface area contributed by atoms with Crippen LogP contribution in [0, 0.1) is 11.8 Å². The van der Waals surface area contributed by atoms with Gasteiger partial charge in [-0.3, -0.25) is 0 Å². The summed E-state index contributed by atoms with van der Waals surface area (Å²) in [6.07, 6.45) is 4.35. The van der Waals surface area contributed by atoms with Crippen LogP contribution in [-0.2, 0) is 0 Å². The van der Waals surface area contributed by atoms with Crippen molar-refractivity contribution in [3.05, 3.63) is 28.5 Å². The van der Waals surface area contributed by atoms with Gasteiger partial charge >= 0.3 is 0 Å². The van der Waals surface area contributed by atoms with Crippen LogP contribution in [0.4, 0.5) is 0 Å². The molecule has 0 heteroatoms. The molecule has 0 aliphatic carbocycles. The number of hydrogen-bond donors (Lipinski definition) is 0. The Balaban J connectivity index is 5.05. The third-order valence-corrected chi connectivity index (χ3v) is 3.33. The molecule has 92 valence electrons. The molecule has 0 amide bonds. The number of hydrogen-bond acceptors (Lipinski definition) is 0. The molecule has 0 nitrogen and oxygen atoms in total. The van der Waals surface area contributed by atoms with Crippen LogP contribution in [-0.4, -0.2) is 0 Å². The van der Waals surface area contributed by atoms with Crippen molar-refractivity contribution < 1.29 is 0 Å². The summed E-state index contributed by atoms with van der Waals surface area (Å²) in [5, 5.41) is 0. The second kappa shape index (κ2) is 7.52. The number of rotatable bonds is 5. The fourth-order valence-electron chi connectivity index (χ4n) is 2.06. The Bertz CT molecular complexity index is 292. The fraction of sp³-hybridized carbons (Fsp3) is 0.688. The maximum atomic E-state index is 3.46. The van der Waals surface area contributed by atoms with E-state index >= 15 is 0 Å². The van der Waals surface area contributed by atoms with Gasteiger partial charge in [0.1, 0.15) is 0 Å². The molecule has 0 aromatic carbocycles. The SMILES string of the molecule is CC=C=C(CC(C)=C(C)C)C(CC)C(C)C. The van der Waals surface area contributed by atoms with Crippen LogP contribution in [0.25, 0.3) is 0 Å². The minimum Gasteiger partial charge on any atom is -0.126 e. The van der Waals surface area contributed by atoms with Gasteiger partial charge in [-0.2, -0.15) is 0 Å². The van der Waals surface area contributed by atoms with Gasteiger partial charge < -0.3 is 0 Å². The first-order valence-electron chi connectivity index (χ1n) is 6.47. The summed E-state index contributed by atoms with van der Waals surface area (Å²) in [4.78, 5) is 0. The second-order valence-electron chi connectivity index (χ2n) is 5.17. The van der Waals surface area contributed by atoms with Gasteiger partial charge in [-0.25, -0.2) is 0 Å². The van der Waals surface area contributed by atoms with E-state index < -0.39 is 0 Å². The van der Waals surface area contributed by atoms with Crippen molar-refractivity contribution in [2.75, 3.05) is 0 Å². The average molecular weight is 220 g/mol. The quantitative estimate of drug-likeness (QED) is 0.423. The van der Waals surface area contributed by atoms with E-state index in [1.165, 1.54) is 23.1 Å². The monoisotopic (exact) mass is 220 g/mol. The normalized spacial score (nSPS) is 12.0. The molecule has 1 atom stereocenters. The molecule has 0 fully saturated rings. The first-order chi connectivity index (χ1) is 7.43. The molecule has 0 rings (SSSR count). The first-order valence-corrected chi connectivity index (χ1v) is 6.47.